The predicted molar refractivity (Wildman–Crippen MR) is 67.6 cm³/mol. The van der Waals surface area contributed by atoms with Crippen molar-refractivity contribution in [1.82, 2.24) is 9.80 Å². The maximum atomic E-state index is 12.4. The molecule has 0 N–H and O–H groups in total. The molecular formula is C13H26N2O. The van der Waals surface area contributed by atoms with E-state index < -0.39 is 0 Å². The van der Waals surface area contributed by atoms with E-state index in [4.69, 9.17) is 0 Å². The van der Waals surface area contributed by atoms with E-state index in [0.717, 1.165) is 25.9 Å². The van der Waals surface area contributed by atoms with Gasteiger partial charge in [-0.3, -0.25) is 4.79 Å². The van der Waals surface area contributed by atoms with Crippen LogP contribution in [-0.4, -0.2) is 56.9 Å². The summed E-state index contributed by atoms with van der Waals surface area (Å²) in [5.41, 5.74) is 0. The molecule has 3 nitrogen and oxygen atoms in total. The summed E-state index contributed by atoms with van der Waals surface area (Å²) in [4.78, 5) is 16.6. The third-order valence-electron chi connectivity index (χ3n) is 3.33. The summed E-state index contributed by atoms with van der Waals surface area (Å²) in [7, 11) is 8.22. The molecule has 1 saturated carbocycles. The van der Waals surface area contributed by atoms with E-state index in [1.165, 1.54) is 12.8 Å². The number of hydrogen-bond acceptors (Lipinski definition) is 3. The first-order chi connectivity index (χ1) is 7.50. The molecule has 0 aromatic heterocycles. The van der Waals surface area contributed by atoms with Crippen LogP contribution in [0, 0.1) is 11.8 Å². The van der Waals surface area contributed by atoms with E-state index in [9.17, 15) is 4.79 Å². The van der Waals surface area contributed by atoms with Crippen molar-refractivity contribution in [3.05, 3.63) is 0 Å². The van der Waals surface area contributed by atoms with Gasteiger partial charge in [-0.2, -0.15) is 0 Å². The van der Waals surface area contributed by atoms with Gasteiger partial charge in [-0.15, -0.1) is 0 Å². The van der Waals surface area contributed by atoms with Gasteiger partial charge in [0.05, 0.1) is 0 Å². The van der Waals surface area contributed by atoms with Crippen molar-refractivity contribution in [3.63, 3.8) is 0 Å². The fourth-order valence-corrected chi connectivity index (χ4v) is 2.64. The van der Waals surface area contributed by atoms with Crippen LogP contribution < -0.4 is 0 Å². The third-order valence-corrected chi connectivity index (χ3v) is 3.33. The third kappa shape index (κ3) is 4.22. The van der Waals surface area contributed by atoms with Crippen molar-refractivity contribution >= 4 is 5.78 Å². The van der Waals surface area contributed by atoms with Crippen LogP contribution in [0.5, 0.6) is 0 Å². The van der Waals surface area contributed by atoms with E-state index in [1.807, 2.05) is 0 Å². The highest BCUT2D eigenvalue weighted by Crippen LogP contribution is 2.25. The lowest BCUT2D eigenvalue weighted by Gasteiger charge is -2.23. The zero-order valence-electron chi connectivity index (χ0n) is 11.2. The molecule has 1 aliphatic carbocycles. The lowest BCUT2D eigenvalue weighted by Crippen LogP contribution is -2.35. The predicted octanol–water partition coefficient (Wildman–Crippen LogP) is 1.49. The van der Waals surface area contributed by atoms with Gasteiger partial charge in [0.1, 0.15) is 5.78 Å². The van der Waals surface area contributed by atoms with Gasteiger partial charge in [0.25, 0.3) is 0 Å². The lowest BCUT2D eigenvalue weighted by molar-refractivity contribution is -0.127. The summed E-state index contributed by atoms with van der Waals surface area (Å²) in [6.07, 6.45) is 4.60. The first-order valence-electron chi connectivity index (χ1n) is 6.34. The summed E-state index contributed by atoms with van der Waals surface area (Å²) in [5, 5.41) is 0. The Bertz CT molecular complexity index is 204. The molecule has 0 aromatic rings. The van der Waals surface area contributed by atoms with Crippen LogP contribution in [0.2, 0.25) is 0 Å². The molecule has 0 heterocycles. The summed E-state index contributed by atoms with van der Waals surface area (Å²) in [6, 6.07) is 0. The molecule has 3 heteroatoms. The van der Waals surface area contributed by atoms with Gasteiger partial charge in [-0.1, -0.05) is 12.8 Å². The molecule has 2 atom stereocenters. The fraction of sp³-hybridized carbons (Fsp3) is 0.923. The van der Waals surface area contributed by atoms with Crippen LogP contribution in [0.3, 0.4) is 0 Å². The van der Waals surface area contributed by atoms with Crippen molar-refractivity contribution in [3.8, 4) is 0 Å². The normalized spacial score (nSPS) is 27.5. The molecule has 1 fully saturated rings. The maximum absolute atomic E-state index is 12.4. The minimum absolute atomic E-state index is 0.266. The molecule has 94 valence electrons. The fourth-order valence-electron chi connectivity index (χ4n) is 2.64. The first-order valence-corrected chi connectivity index (χ1v) is 6.34. The molecule has 0 spiro atoms. The largest absolute Gasteiger partial charge is 0.309 e. The monoisotopic (exact) mass is 226 g/mol. The van der Waals surface area contributed by atoms with Gasteiger partial charge in [-0.05, 0) is 41.0 Å². The number of rotatable bonds is 4. The smallest absolute Gasteiger partial charge is 0.141 e. The van der Waals surface area contributed by atoms with Crippen LogP contribution in [0.1, 0.15) is 25.7 Å². The molecule has 16 heavy (non-hydrogen) atoms. The molecule has 1 aliphatic rings. The summed E-state index contributed by atoms with van der Waals surface area (Å²) >= 11 is 0. The van der Waals surface area contributed by atoms with Crippen LogP contribution in [0.15, 0.2) is 0 Å². The highest BCUT2D eigenvalue weighted by molar-refractivity contribution is 5.84. The zero-order chi connectivity index (χ0) is 12.1. The average Bonchev–Trinajstić information content (AvgIpc) is 2.31. The molecule has 0 unspecified atom stereocenters. The highest BCUT2D eigenvalue weighted by Gasteiger charge is 2.29. The van der Waals surface area contributed by atoms with Gasteiger partial charge in [0, 0.05) is 24.9 Å². The SMILES string of the molecule is CN(C)C[C@H]1CCCC[C@H](CN(C)C)C1=O. The van der Waals surface area contributed by atoms with Crippen LogP contribution >= 0.6 is 0 Å². The molecule has 0 aliphatic heterocycles. The number of carbonyl (C=O) groups is 1. The van der Waals surface area contributed by atoms with Gasteiger partial charge in [0.15, 0.2) is 0 Å². The zero-order valence-corrected chi connectivity index (χ0v) is 11.2. The topological polar surface area (TPSA) is 23.6 Å². The average molecular weight is 226 g/mol. The second kappa shape index (κ2) is 6.36. The number of Topliss-reactive ketones (excluding diaryl/α,β-unsaturated/α-hetero) is 1. The Morgan fingerprint density at radius 3 is 1.62 bits per heavy atom. The summed E-state index contributed by atoms with van der Waals surface area (Å²) in [6.45, 7) is 1.84. The molecule has 0 radical (unpaired) electrons. The Labute approximate surface area is 99.8 Å². The van der Waals surface area contributed by atoms with Crippen molar-refractivity contribution in [2.75, 3.05) is 41.3 Å². The molecule has 0 aromatic carbocycles. The second-order valence-electron chi connectivity index (χ2n) is 5.61. The quantitative estimate of drug-likeness (QED) is 0.679. The maximum Gasteiger partial charge on any atom is 0.141 e. The Morgan fingerprint density at radius 1 is 0.938 bits per heavy atom. The number of carbonyl (C=O) groups excluding carboxylic acids is 1. The highest BCUT2D eigenvalue weighted by atomic mass is 16.1. The van der Waals surface area contributed by atoms with Crippen LogP contribution in [0.4, 0.5) is 0 Å². The van der Waals surface area contributed by atoms with E-state index in [2.05, 4.69) is 38.0 Å². The number of hydrogen-bond donors (Lipinski definition) is 0. The van der Waals surface area contributed by atoms with Gasteiger partial charge < -0.3 is 9.80 Å². The van der Waals surface area contributed by atoms with Crippen molar-refractivity contribution in [1.29, 1.82) is 0 Å². The van der Waals surface area contributed by atoms with E-state index >= 15 is 0 Å². The Hall–Kier alpha value is -0.410. The minimum atomic E-state index is 0.266. The second-order valence-corrected chi connectivity index (χ2v) is 5.61. The standard InChI is InChI=1S/C13H26N2O/c1-14(2)9-11-7-5-6-8-12(13(11)16)10-15(3)4/h11-12H,5-10H2,1-4H3/t11-,12-/m1/s1. The van der Waals surface area contributed by atoms with Gasteiger partial charge >= 0.3 is 0 Å². The minimum Gasteiger partial charge on any atom is -0.309 e. The number of ketones is 1. The van der Waals surface area contributed by atoms with Crippen LogP contribution in [-0.2, 0) is 4.79 Å². The number of nitrogens with zero attached hydrogens (tertiary/aromatic N) is 2. The summed E-state index contributed by atoms with van der Waals surface area (Å²) in [5.74, 6) is 1.03. The van der Waals surface area contributed by atoms with E-state index in [-0.39, 0.29) is 11.8 Å². The summed E-state index contributed by atoms with van der Waals surface area (Å²) < 4.78 is 0. The van der Waals surface area contributed by atoms with Gasteiger partial charge in [0.2, 0.25) is 0 Å². The van der Waals surface area contributed by atoms with E-state index in [1.54, 1.807) is 0 Å². The Morgan fingerprint density at radius 2 is 1.31 bits per heavy atom. The van der Waals surface area contributed by atoms with E-state index in [0.29, 0.717) is 5.78 Å². The lowest BCUT2D eigenvalue weighted by atomic mass is 9.91. The molecule has 0 bridgehead atoms. The molecular weight excluding hydrogens is 200 g/mol. The molecule has 0 amide bonds. The molecule has 0 saturated heterocycles. The van der Waals surface area contributed by atoms with Crippen molar-refractivity contribution < 1.29 is 4.79 Å². The first kappa shape index (κ1) is 13.7. The Balaban J connectivity index is 2.61. The Kier molecular flexibility index (Phi) is 5.42. The van der Waals surface area contributed by atoms with Crippen molar-refractivity contribution in [2.24, 2.45) is 11.8 Å². The van der Waals surface area contributed by atoms with Gasteiger partial charge in [-0.25, -0.2) is 0 Å². The van der Waals surface area contributed by atoms with Crippen LogP contribution in [0.25, 0.3) is 0 Å². The van der Waals surface area contributed by atoms with Crippen molar-refractivity contribution in [2.45, 2.75) is 25.7 Å². The molecule has 1 rings (SSSR count).